The van der Waals surface area contributed by atoms with Crippen molar-refractivity contribution in [2.45, 2.75) is 23.8 Å². The predicted molar refractivity (Wildman–Crippen MR) is 103 cm³/mol. The zero-order chi connectivity index (χ0) is 20.0. The number of hydrogen-bond donors (Lipinski definition) is 2. The molecule has 0 saturated carbocycles. The first kappa shape index (κ1) is 20.8. The largest absolute Gasteiger partial charge is 0.495 e. The number of rotatable bonds is 7. The number of anilines is 1. The molecule has 1 aromatic carbocycles. The lowest BCUT2D eigenvalue weighted by Crippen LogP contribution is -2.24. The summed E-state index contributed by atoms with van der Waals surface area (Å²) < 4.78 is 9.76. The molecule has 27 heavy (non-hydrogen) atoms. The van der Waals surface area contributed by atoms with Crippen molar-refractivity contribution in [1.29, 1.82) is 0 Å². The number of H-pyrrole nitrogens is 1. The minimum atomic E-state index is -0.592. The summed E-state index contributed by atoms with van der Waals surface area (Å²) in [6.45, 7) is 1.66. The lowest BCUT2D eigenvalue weighted by molar-refractivity contribution is -0.139. The van der Waals surface area contributed by atoms with Gasteiger partial charge in [0, 0.05) is 11.1 Å². The van der Waals surface area contributed by atoms with Crippen LogP contribution in [0.2, 0.25) is 5.02 Å². The number of thioether (sulfide) groups is 1. The van der Waals surface area contributed by atoms with E-state index in [2.05, 4.69) is 20.0 Å². The number of amides is 1. The van der Waals surface area contributed by atoms with E-state index in [4.69, 9.17) is 16.3 Å². The molecule has 0 aliphatic carbocycles. The molecule has 0 spiro atoms. The molecule has 10 heteroatoms. The van der Waals surface area contributed by atoms with Crippen molar-refractivity contribution in [3.63, 3.8) is 0 Å². The Kier molecular flexibility index (Phi) is 7.26. The van der Waals surface area contributed by atoms with Gasteiger partial charge in [-0.2, -0.15) is 0 Å². The number of carbonyl (C=O) groups excluding carboxylic acids is 2. The highest BCUT2D eigenvalue weighted by Gasteiger charge is 2.18. The van der Waals surface area contributed by atoms with Crippen molar-refractivity contribution in [3.05, 3.63) is 45.3 Å². The fourth-order valence-electron chi connectivity index (χ4n) is 2.08. The van der Waals surface area contributed by atoms with Gasteiger partial charge in [-0.1, -0.05) is 23.4 Å². The predicted octanol–water partition coefficient (Wildman–Crippen LogP) is 2.27. The summed E-state index contributed by atoms with van der Waals surface area (Å²) in [6.07, 6.45) is -0.131. The van der Waals surface area contributed by atoms with Crippen LogP contribution >= 0.6 is 23.4 Å². The van der Waals surface area contributed by atoms with Crippen LogP contribution in [0, 0.1) is 0 Å². The highest BCUT2D eigenvalue weighted by atomic mass is 35.5. The third-order valence-electron chi connectivity index (χ3n) is 3.40. The zero-order valence-electron chi connectivity index (χ0n) is 14.9. The number of nitrogens with zero attached hydrogens (tertiary/aromatic N) is 1. The summed E-state index contributed by atoms with van der Waals surface area (Å²) >= 11 is 7.00. The molecule has 0 unspecified atom stereocenters. The molecule has 2 N–H and O–H groups in total. The number of methoxy groups -OCH3 is 2. The van der Waals surface area contributed by atoms with Crippen LogP contribution < -0.4 is 15.6 Å². The standard InChI is InChI=1S/C17H18ClN3O5S/c1-9(16(24)20-12-6-10(18)4-5-13(12)25-2)27-17-19-11(7-14(22)21-17)8-15(23)26-3/h4-7,9H,8H2,1-3H3,(H,20,24)(H,19,21,22)/t9-/m1/s1. The van der Waals surface area contributed by atoms with Crippen molar-refractivity contribution >= 4 is 40.9 Å². The van der Waals surface area contributed by atoms with Gasteiger partial charge >= 0.3 is 5.97 Å². The smallest absolute Gasteiger partial charge is 0.311 e. The van der Waals surface area contributed by atoms with E-state index in [9.17, 15) is 14.4 Å². The van der Waals surface area contributed by atoms with Gasteiger partial charge in [0.2, 0.25) is 5.91 Å². The summed E-state index contributed by atoms with van der Waals surface area (Å²) in [5.74, 6) is -0.374. The van der Waals surface area contributed by atoms with Gasteiger partial charge in [-0.15, -0.1) is 0 Å². The Morgan fingerprint density at radius 1 is 1.33 bits per heavy atom. The fourth-order valence-corrected chi connectivity index (χ4v) is 3.09. The lowest BCUT2D eigenvalue weighted by Gasteiger charge is -2.14. The third kappa shape index (κ3) is 6.00. The third-order valence-corrected chi connectivity index (χ3v) is 4.62. The van der Waals surface area contributed by atoms with Gasteiger partial charge in [-0.3, -0.25) is 14.4 Å². The summed E-state index contributed by atoms with van der Waals surface area (Å²) in [6, 6.07) is 6.08. The van der Waals surface area contributed by atoms with Crippen LogP contribution in [0.1, 0.15) is 12.6 Å². The molecular weight excluding hydrogens is 394 g/mol. The van der Waals surface area contributed by atoms with E-state index < -0.39 is 16.8 Å². The van der Waals surface area contributed by atoms with Gasteiger partial charge in [0.15, 0.2) is 5.16 Å². The molecule has 0 bridgehead atoms. The number of nitrogens with one attached hydrogen (secondary N) is 2. The normalized spacial score (nSPS) is 11.6. The molecule has 1 aromatic heterocycles. The molecule has 0 aliphatic rings. The van der Waals surface area contributed by atoms with Crippen LogP contribution in [0.15, 0.2) is 34.2 Å². The Hall–Kier alpha value is -2.52. The Bertz CT molecular complexity index is 902. The van der Waals surface area contributed by atoms with Crippen LogP contribution in [0.25, 0.3) is 0 Å². The number of hydrogen-bond acceptors (Lipinski definition) is 7. The molecule has 1 atom stereocenters. The van der Waals surface area contributed by atoms with Gasteiger partial charge < -0.3 is 19.8 Å². The SMILES string of the molecule is COC(=O)Cc1cc(=O)[nH]c(S[C@H](C)C(=O)Nc2cc(Cl)ccc2OC)n1. The number of carbonyl (C=O) groups is 2. The Balaban J connectivity index is 2.11. The second-order valence-corrected chi connectivity index (χ2v) is 7.15. The summed E-state index contributed by atoms with van der Waals surface area (Å²) in [5.41, 5.74) is 0.274. The van der Waals surface area contributed by atoms with E-state index >= 15 is 0 Å². The van der Waals surface area contributed by atoms with Gasteiger partial charge in [-0.05, 0) is 25.1 Å². The number of esters is 1. The Morgan fingerprint density at radius 2 is 2.07 bits per heavy atom. The minimum absolute atomic E-state index is 0.131. The minimum Gasteiger partial charge on any atom is -0.495 e. The highest BCUT2D eigenvalue weighted by Crippen LogP contribution is 2.29. The Labute approximate surface area is 164 Å². The van der Waals surface area contributed by atoms with E-state index in [0.717, 1.165) is 11.8 Å². The van der Waals surface area contributed by atoms with Crippen molar-refractivity contribution in [3.8, 4) is 5.75 Å². The fraction of sp³-hybridized carbons (Fsp3) is 0.294. The first-order chi connectivity index (χ1) is 12.8. The maximum Gasteiger partial charge on any atom is 0.311 e. The summed E-state index contributed by atoms with van der Waals surface area (Å²) in [4.78, 5) is 42.3. The summed E-state index contributed by atoms with van der Waals surface area (Å²) in [5, 5.41) is 2.81. The number of benzene rings is 1. The average Bonchev–Trinajstić information content (AvgIpc) is 2.61. The van der Waals surface area contributed by atoms with Gasteiger partial charge in [0.25, 0.3) is 5.56 Å². The second-order valence-electron chi connectivity index (χ2n) is 5.39. The topological polar surface area (TPSA) is 110 Å². The molecule has 144 valence electrons. The van der Waals surface area contributed by atoms with E-state index in [0.29, 0.717) is 16.5 Å². The number of aromatic nitrogens is 2. The van der Waals surface area contributed by atoms with Gasteiger partial charge in [-0.25, -0.2) is 4.98 Å². The van der Waals surface area contributed by atoms with Crippen molar-refractivity contribution < 1.29 is 19.1 Å². The Morgan fingerprint density at radius 3 is 2.74 bits per heavy atom. The van der Waals surface area contributed by atoms with Gasteiger partial charge in [0.05, 0.1) is 37.3 Å². The molecule has 0 saturated heterocycles. The zero-order valence-corrected chi connectivity index (χ0v) is 16.4. The average molecular weight is 412 g/mol. The van der Waals surface area contributed by atoms with Crippen LogP contribution in [-0.2, 0) is 20.7 Å². The molecule has 0 radical (unpaired) electrons. The molecule has 1 heterocycles. The molecule has 0 fully saturated rings. The van der Waals surface area contributed by atoms with E-state index in [1.165, 1.54) is 20.3 Å². The molecule has 0 aliphatic heterocycles. The second kappa shape index (κ2) is 9.43. The first-order valence-electron chi connectivity index (χ1n) is 7.80. The molecule has 8 nitrogen and oxygen atoms in total. The molecule has 1 amide bonds. The summed E-state index contributed by atoms with van der Waals surface area (Å²) in [7, 11) is 2.74. The highest BCUT2D eigenvalue weighted by molar-refractivity contribution is 8.00. The maximum atomic E-state index is 12.5. The van der Waals surface area contributed by atoms with Crippen LogP contribution in [0.3, 0.4) is 0 Å². The van der Waals surface area contributed by atoms with E-state index in [1.54, 1.807) is 25.1 Å². The molecule has 2 aromatic rings. The first-order valence-corrected chi connectivity index (χ1v) is 9.06. The number of aromatic amines is 1. The van der Waals surface area contributed by atoms with E-state index in [1.807, 2.05) is 0 Å². The van der Waals surface area contributed by atoms with Crippen LogP contribution in [-0.4, -0.2) is 41.3 Å². The van der Waals surface area contributed by atoms with Crippen molar-refractivity contribution in [1.82, 2.24) is 9.97 Å². The molecular formula is C17H18ClN3O5S. The van der Waals surface area contributed by atoms with Crippen LogP contribution in [0.5, 0.6) is 5.75 Å². The van der Waals surface area contributed by atoms with Crippen molar-refractivity contribution in [2.75, 3.05) is 19.5 Å². The van der Waals surface area contributed by atoms with E-state index in [-0.39, 0.29) is 23.2 Å². The maximum absolute atomic E-state index is 12.5. The monoisotopic (exact) mass is 411 g/mol. The quantitative estimate of drug-likeness (QED) is 0.408. The lowest BCUT2D eigenvalue weighted by atomic mass is 10.3. The number of ether oxygens (including phenoxy) is 2. The van der Waals surface area contributed by atoms with Gasteiger partial charge in [0.1, 0.15) is 5.75 Å². The molecule has 2 rings (SSSR count). The van der Waals surface area contributed by atoms with Crippen LogP contribution in [0.4, 0.5) is 5.69 Å². The number of halogens is 1. The van der Waals surface area contributed by atoms with Crippen molar-refractivity contribution in [2.24, 2.45) is 0 Å².